The van der Waals surface area contributed by atoms with E-state index < -0.39 is 0 Å². The molecule has 1 aromatic carbocycles. The summed E-state index contributed by atoms with van der Waals surface area (Å²) in [6.45, 7) is 3.07. The Hall–Kier alpha value is -1.53. The third kappa shape index (κ3) is 2.35. The molecule has 0 spiro atoms. The Morgan fingerprint density at radius 2 is 1.92 bits per heavy atom. The van der Waals surface area contributed by atoms with Crippen molar-refractivity contribution in [2.45, 2.75) is 19.3 Å². The first-order chi connectivity index (χ1) is 11.8. The molecule has 1 saturated heterocycles. The van der Waals surface area contributed by atoms with E-state index in [0.29, 0.717) is 6.42 Å². The van der Waals surface area contributed by atoms with E-state index in [0.717, 1.165) is 43.3 Å². The number of carbonyl (C=O) groups is 1. The molecular formula is C18H19N3OS2. The highest BCUT2D eigenvalue weighted by Crippen LogP contribution is 2.40. The normalized spacial score (nSPS) is 19.8. The van der Waals surface area contributed by atoms with Gasteiger partial charge in [0.15, 0.2) is 5.13 Å². The number of benzene rings is 1. The highest BCUT2D eigenvalue weighted by molar-refractivity contribution is 7.99. The molecule has 24 heavy (non-hydrogen) atoms. The number of rotatable bonds is 2. The summed E-state index contributed by atoms with van der Waals surface area (Å²) in [5.41, 5.74) is 5.94. The van der Waals surface area contributed by atoms with Gasteiger partial charge in [-0.2, -0.15) is 11.8 Å². The van der Waals surface area contributed by atoms with Gasteiger partial charge in [-0.3, -0.25) is 4.79 Å². The van der Waals surface area contributed by atoms with E-state index in [-0.39, 0.29) is 5.91 Å². The third-order valence-electron chi connectivity index (χ3n) is 5.08. The Morgan fingerprint density at radius 1 is 1.08 bits per heavy atom. The quantitative estimate of drug-likeness (QED) is 0.827. The van der Waals surface area contributed by atoms with Crippen LogP contribution in [0.4, 0.5) is 10.8 Å². The minimum Gasteiger partial charge on any atom is -0.346 e. The van der Waals surface area contributed by atoms with Crippen LogP contribution in [0.5, 0.6) is 0 Å². The lowest BCUT2D eigenvalue weighted by molar-refractivity contribution is -0.117. The Bertz CT molecular complexity index is 811. The third-order valence-corrected chi connectivity index (χ3v) is 6.92. The maximum Gasteiger partial charge on any atom is 0.231 e. The molecule has 0 unspecified atom stereocenters. The first-order valence-electron chi connectivity index (χ1n) is 8.54. The van der Waals surface area contributed by atoms with Crippen molar-refractivity contribution in [2.24, 2.45) is 0 Å². The van der Waals surface area contributed by atoms with Crippen LogP contribution in [0.15, 0.2) is 17.5 Å². The first kappa shape index (κ1) is 14.8. The Balaban J connectivity index is 1.51. The predicted molar refractivity (Wildman–Crippen MR) is 101 cm³/mol. The number of amides is 1. The maximum atomic E-state index is 12.2. The van der Waals surface area contributed by atoms with Gasteiger partial charge in [0.1, 0.15) is 0 Å². The van der Waals surface area contributed by atoms with E-state index in [2.05, 4.69) is 22.4 Å². The summed E-state index contributed by atoms with van der Waals surface area (Å²) in [6, 6.07) is 4.45. The van der Waals surface area contributed by atoms with Crippen LogP contribution in [-0.2, 0) is 17.6 Å². The van der Waals surface area contributed by atoms with Crippen LogP contribution in [-0.4, -0.2) is 42.0 Å². The van der Waals surface area contributed by atoms with E-state index in [1.807, 2.05) is 16.7 Å². The van der Waals surface area contributed by atoms with Crippen molar-refractivity contribution in [3.63, 3.8) is 0 Å². The summed E-state index contributed by atoms with van der Waals surface area (Å²) < 4.78 is 0. The van der Waals surface area contributed by atoms with Gasteiger partial charge in [-0.1, -0.05) is 0 Å². The molecule has 0 bridgehead atoms. The van der Waals surface area contributed by atoms with Crippen molar-refractivity contribution >= 4 is 39.8 Å². The van der Waals surface area contributed by atoms with Crippen LogP contribution in [0, 0.1) is 0 Å². The molecule has 0 aliphatic carbocycles. The molecule has 0 saturated carbocycles. The summed E-state index contributed by atoms with van der Waals surface area (Å²) in [5.74, 6) is 2.64. The molecule has 2 aromatic rings. The second kappa shape index (κ2) is 5.77. The highest BCUT2D eigenvalue weighted by Gasteiger charge is 2.32. The fourth-order valence-corrected chi connectivity index (χ4v) is 5.72. The van der Waals surface area contributed by atoms with Crippen molar-refractivity contribution in [1.82, 2.24) is 4.98 Å². The Morgan fingerprint density at radius 3 is 2.79 bits per heavy atom. The fourth-order valence-electron chi connectivity index (χ4n) is 3.92. The molecule has 0 N–H and O–H groups in total. The van der Waals surface area contributed by atoms with Gasteiger partial charge in [0.05, 0.1) is 17.8 Å². The van der Waals surface area contributed by atoms with Crippen molar-refractivity contribution in [1.29, 1.82) is 0 Å². The number of thiazole rings is 1. The molecule has 3 aliphatic heterocycles. The number of carbonyl (C=O) groups excluding carboxylic acids is 1. The molecule has 3 aliphatic rings. The van der Waals surface area contributed by atoms with E-state index in [1.54, 1.807) is 11.3 Å². The van der Waals surface area contributed by atoms with Crippen molar-refractivity contribution in [3.05, 3.63) is 28.6 Å². The van der Waals surface area contributed by atoms with E-state index in [1.165, 1.54) is 33.9 Å². The van der Waals surface area contributed by atoms with Gasteiger partial charge < -0.3 is 9.80 Å². The van der Waals surface area contributed by atoms with Crippen LogP contribution in [0.2, 0.25) is 0 Å². The topological polar surface area (TPSA) is 36.4 Å². The maximum absolute atomic E-state index is 12.2. The van der Waals surface area contributed by atoms with Crippen LogP contribution in [0.25, 0.3) is 11.3 Å². The SMILES string of the molecule is O=C1Cc2cc(-c3csc(N4CCSCC4)n3)cc3c2N1CCC3. The van der Waals surface area contributed by atoms with Crippen LogP contribution < -0.4 is 9.80 Å². The van der Waals surface area contributed by atoms with E-state index in [4.69, 9.17) is 4.98 Å². The van der Waals surface area contributed by atoms with Gasteiger partial charge in [-0.05, 0) is 36.1 Å². The highest BCUT2D eigenvalue weighted by atomic mass is 32.2. The summed E-state index contributed by atoms with van der Waals surface area (Å²) in [6.07, 6.45) is 2.69. The van der Waals surface area contributed by atoms with Crippen LogP contribution in [0.1, 0.15) is 17.5 Å². The average Bonchev–Trinajstić information content (AvgIpc) is 3.23. The molecule has 4 heterocycles. The van der Waals surface area contributed by atoms with Gasteiger partial charge in [0.2, 0.25) is 5.91 Å². The van der Waals surface area contributed by atoms with Crippen molar-refractivity contribution in [2.75, 3.05) is 40.9 Å². The average molecular weight is 358 g/mol. The number of thioether (sulfide) groups is 1. The molecule has 1 fully saturated rings. The summed E-state index contributed by atoms with van der Waals surface area (Å²) in [4.78, 5) is 21.5. The second-order valence-electron chi connectivity index (χ2n) is 6.58. The predicted octanol–water partition coefficient (Wildman–Crippen LogP) is 3.20. The standard InChI is InChI=1S/C18H19N3OS2/c22-16-10-14-9-13(8-12-2-1-3-21(16)17(12)14)15-11-24-18(19-15)20-4-6-23-7-5-20/h8-9,11H,1-7,10H2. The number of hydrogen-bond acceptors (Lipinski definition) is 5. The monoisotopic (exact) mass is 357 g/mol. The zero-order chi connectivity index (χ0) is 16.1. The Kier molecular flexibility index (Phi) is 3.56. The smallest absolute Gasteiger partial charge is 0.231 e. The largest absolute Gasteiger partial charge is 0.346 e. The van der Waals surface area contributed by atoms with Gasteiger partial charge >= 0.3 is 0 Å². The van der Waals surface area contributed by atoms with Crippen molar-refractivity contribution < 1.29 is 4.79 Å². The molecular weight excluding hydrogens is 338 g/mol. The van der Waals surface area contributed by atoms with Gasteiger partial charge in [0, 0.05) is 42.1 Å². The van der Waals surface area contributed by atoms with E-state index >= 15 is 0 Å². The van der Waals surface area contributed by atoms with Gasteiger partial charge in [-0.15, -0.1) is 11.3 Å². The summed E-state index contributed by atoms with van der Waals surface area (Å²) in [7, 11) is 0. The van der Waals surface area contributed by atoms with E-state index in [9.17, 15) is 4.79 Å². The lowest BCUT2D eigenvalue weighted by Crippen LogP contribution is -2.32. The second-order valence-corrected chi connectivity index (χ2v) is 8.64. The molecule has 4 nitrogen and oxygen atoms in total. The number of aryl methyl sites for hydroxylation is 1. The fraction of sp³-hybridized carbons (Fsp3) is 0.444. The van der Waals surface area contributed by atoms with Crippen LogP contribution >= 0.6 is 23.1 Å². The number of aromatic nitrogens is 1. The molecule has 1 aromatic heterocycles. The lowest BCUT2D eigenvalue weighted by atomic mass is 9.96. The van der Waals surface area contributed by atoms with Gasteiger partial charge in [0.25, 0.3) is 0 Å². The molecule has 0 radical (unpaired) electrons. The first-order valence-corrected chi connectivity index (χ1v) is 10.6. The minimum absolute atomic E-state index is 0.257. The van der Waals surface area contributed by atoms with Gasteiger partial charge in [-0.25, -0.2) is 4.98 Å². The van der Waals surface area contributed by atoms with Crippen LogP contribution in [0.3, 0.4) is 0 Å². The molecule has 0 atom stereocenters. The molecule has 1 amide bonds. The number of hydrogen-bond donors (Lipinski definition) is 0. The zero-order valence-corrected chi connectivity index (χ0v) is 15.1. The number of nitrogens with zero attached hydrogens (tertiary/aromatic N) is 3. The van der Waals surface area contributed by atoms with Crippen molar-refractivity contribution in [3.8, 4) is 11.3 Å². The Labute approximate surface area is 149 Å². The summed E-state index contributed by atoms with van der Waals surface area (Å²) >= 11 is 3.76. The molecule has 5 rings (SSSR count). The summed E-state index contributed by atoms with van der Waals surface area (Å²) in [5, 5.41) is 3.31. The minimum atomic E-state index is 0.257. The zero-order valence-electron chi connectivity index (χ0n) is 13.5. The number of anilines is 2. The molecule has 124 valence electrons. The lowest BCUT2D eigenvalue weighted by Gasteiger charge is -2.26. The molecule has 6 heteroatoms.